The van der Waals surface area contributed by atoms with Crippen LogP contribution in [-0.4, -0.2) is 47.0 Å². The van der Waals surface area contributed by atoms with E-state index in [1.807, 2.05) is 6.07 Å². The number of ketones is 1. The van der Waals surface area contributed by atoms with Crippen LogP contribution in [0.5, 0.6) is 5.75 Å². The number of imide groups is 1. The average Bonchev–Trinajstić information content (AvgIpc) is 2.90. The Morgan fingerprint density at radius 2 is 1.86 bits per heavy atom. The van der Waals surface area contributed by atoms with Crippen LogP contribution in [0.25, 0.3) is 0 Å². The molecule has 8 heteroatoms. The Labute approximate surface area is 176 Å². The zero-order chi connectivity index (χ0) is 21.2. The summed E-state index contributed by atoms with van der Waals surface area (Å²) in [5, 5.41) is 13.0. The molecule has 3 rings (SSSR count). The Morgan fingerprint density at radius 1 is 1.21 bits per heavy atom. The van der Waals surface area contributed by atoms with E-state index < -0.39 is 23.6 Å². The largest absolute Gasteiger partial charge is 0.491 e. The van der Waals surface area contributed by atoms with E-state index in [4.69, 9.17) is 4.74 Å². The number of rotatable bonds is 7. The molecule has 0 radical (unpaired) electrons. The molecule has 152 valence electrons. The first-order valence-electron chi connectivity index (χ1n) is 9.03. The van der Waals surface area contributed by atoms with Gasteiger partial charge in [0.15, 0.2) is 5.78 Å². The van der Waals surface area contributed by atoms with Crippen molar-refractivity contribution in [3.05, 3.63) is 64.1 Å². The van der Waals surface area contributed by atoms with E-state index in [2.05, 4.69) is 21.2 Å². The molecule has 29 heavy (non-hydrogen) atoms. The standard InChI is InChI=1S/C21H21BrN2O5/c1-13(25)14-7-9-16(10-8-14)29-12-15(26)11-24-19(27)21(2,23-20(24)28)17-5-3-4-6-18(17)22/h3-10,15,26H,11-12H2,1-2H3,(H,23,28)/t15-,21-/m0/s1. The van der Waals surface area contributed by atoms with Crippen molar-refractivity contribution < 1.29 is 24.2 Å². The van der Waals surface area contributed by atoms with E-state index in [1.54, 1.807) is 49.4 Å². The van der Waals surface area contributed by atoms with Crippen LogP contribution >= 0.6 is 15.9 Å². The Hall–Kier alpha value is -2.71. The maximum absolute atomic E-state index is 12.9. The summed E-state index contributed by atoms with van der Waals surface area (Å²) in [5.74, 6) is -0.0215. The Kier molecular flexibility index (Phi) is 6.04. The number of urea groups is 1. The van der Waals surface area contributed by atoms with E-state index in [0.29, 0.717) is 21.3 Å². The monoisotopic (exact) mass is 460 g/mol. The Morgan fingerprint density at radius 3 is 2.48 bits per heavy atom. The van der Waals surface area contributed by atoms with Crippen LogP contribution in [0.15, 0.2) is 53.0 Å². The normalized spacial score (nSPS) is 19.8. The van der Waals surface area contributed by atoms with Crippen LogP contribution in [0.3, 0.4) is 0 Å². The molecule has 2 atom stereocenters. The number of hydrogen-bond acceptors (Lipinski definition) is 5. The number of Topliss-reactive ketones (excluding diaryl/α,β-unsaturated/α-hetero) is 1. The second-order valence-electron chi connectivity index (χ2n) is 7.00. The first-order valence-corrected chi connectivity index (χ1v) is 9.82. The van der Waals surface area contributed by atoms with Gasteiger partial charge in [-0.15, -0.1) is 0 Å². The fourth-order valence-corrected chi connectivity index (χ4v) is 3.84. The number of amides is 3. The number of hydrogen-bond donors (Lipinski definition) is 2. The van der Waals surface area contributed by atoms with E-state index in [-0.39, 0.29) is 18.9 Å². The van der Waals surface area contributed by atoms with Crippen molar-refractivity contribution in [3.63, 3.8) is 0 Å². The molecule has 2 aromatic carbocycles. The van der Waals surface area contributed by atoms with Gasteiger partial charge in [0.1, 0.15) is 24.0 Å². The third-order valence-electron chi connectivity index (χ3n) is 4.78. The van der Waals surface area contributed by atoms with Crippen molar-refractivity contribution in [2.24, 2.45) is 0 Å². The topological polar surface area (TPSA) is 95.9 Å². The van der Waals surface area contributed by atoms with Crippen molar-refractivity contribution in [2.75, 3.05) is 13.2 Å². The number of benzene rings is 2. The average molecular weight is 461 g/mol. The van der Waals surface area contributed by atoms with Crippen molar-refractivity contribution in [2.45, 2.75) is 25.5 Å². The minimum atomic E-state index is -1.22. The van der Waals surface area contributed by atoms with Crippen LogP contribution in [0, 0.1) is 0 Å². The molecule has 3 amide bonds. The van der Waals surface area contributed by atoms with Crippen molar-refractivity contribution in [3.8, 4) is 5.75 Å². The van der Waals surface area contributed by atoms with E-state index in [9.17, 15) is 19.5 Å². The molecule has 0 bridgehead atoms. The number of carbonyl (C=O) groups excluding carboxylic acids is 3. The molecule has 1 heterocycles. The van der Waals surface area contributed by atoms with Gasteiger partial charge in [0, 0.05) is 15.6 Å². The molecule has 0 aromatic heterocycles. The summed E-state index contributed by atoms with van der Waals surface area (Å²) >= 11 is 3.41. The van der Waals surface area contributed by atoms with Crippen molar-refractivity contribution in [1.82, 2.24) is 10.2 Å². The lowest BCUT2D eigenvalue weighted by molar-refractivity contribution is -0.132. The maximum atomic E-state index is 12.9. The molecule has 2 N–H and O–H groups in total. The molecular formula is C21H21BrN2O5. The second kappa shape index (κ2) is 8.34. The fourth-order valence-electron chi connectivity index (χ4n) is 3.15. The highest BCUT2D eigenvalue weighted by Gasteiger charge is 2.50. The van der Waals surface area contributed by atoms with Gasteiger partial charge in [-0.05, 0) is 44.2 Å². The lowest BCUT2D eigenvalue weighted by atomic mass is 9.92. The smallest absolute Gasteiger partial charge is 0.325 e. The van der Waals surface area contributed by atoms with E-state index >= 15 is 0 Å². The van der Waals surface area contributed by atoms with Gasteiger partial charge in [0.2, 0.25) is 0 Å². The molecule has 7 nitrogen and oxygen atoms in total. The van der Waals surface area contributed by atoms with Gasteiger partial charge in [-0.2, -0.15) is 0 Å². The Bertz CT molecular complexity index is 946. The predicted octanol–water partition coefficient (Wildman–Crippen LogP) is 2.86. The summed E-state index contributed by atoms with van der Waals surface area (Å²) in [6.45, 7) is 2.80. The zero-order valence-corrected chi connectivity index (χ0v) is 17.6. The second-order valence-corrected chi connectivity index (χ2v) is 7.85. The van der Waals surface area contributed by atoms with Crippen LogP contribution in [0.2, 0.25) is 0 Å². The van der Waals surface area contributed by atoms with E-state index in [0.717, 1.165) is 4.90 Å². The van der Waals surface area contributed by atoms with Gasteiger partial charge >= 0.3 is 6.03 Å². The van der Waals surface area contributed by atoms with Crippen molar-refractivity contribution >= 4 is 33.7 Å². The number of nitrogens with zero attached hydrogens (tertiary/aromatic N) is 1. The van der Waals surface area contributed by atoms with Crippen LogP contribution in [0.4, 0.5) is 4.79 Å². The summed E-state index contributed by atoms with van der Waals surface area (Å²) in [4.78, 5) is 37.6. The fraction of sp³-hybridized carbons (Fsp3) is 0.286. The molecule has 0 saturated carbocycles. The highest BCUT2D eigenvalue weighted by atomic mass is 79.9. The number of carbonyl (C=O) groups is 3. The predicted molar refractivity (Wildman–Crippen MR) is 110 cm³/mol. The molecule has 1 aliphatic heterocycles. The van der Waals surface area contributed by atoms with Crippen molar-refractivity contribution in [1.29, 1.82) is 0 Å². The number of β-amino-alcohol motifs (C(OH)–C–C–N with tert-alkyl or cyclic N) is 1. The summed E-state index contributed by atoms with van der Waals surface area (Å²) in [7, 11) is 0. The third-order valence-corrected chi connectivity index (χ3v) is 5.48. The summed E-state index contributed by atoms with van der Waals surface area (Å²) < 4.78 is 6.21. The summed E-state index contributed by atoms with van der Waals surface area (Å²) in [5.41, 5.74) is -0.0268. The SMILES string of the molecule is CC(=O)c1ccc(OC[C@@H](O)CN2C(=O)N[C@@](C)(c3ccccc3Br)C2=O)cc1. The third kappa shape index (κ3) is 4.33. The van der Waals surface area contributed by atoms with Gasteiger partial charge < -0.3 is 15.2 Å². The lowest BCUT2D eigenvalue weighted by Crippen LogP contribution is -2.43. The van der Waals surface area contributed by atoms with Crippen LogP contribution in [-0.2, 0) is 10.3 Å². The lowest BCUT2D eigenvalue weighted by Gasteiger charge is -2.24. The minimum absolute atomic E-state index is 0.0526. The number of aliphatic hydroxyl groups is 1. The quantitative estimate of drug-likeness (QED) is 0.489. The van der Waals surface area contributed by atoms with Gasteiger partial charge in [-0.1, -0.05) is 34.1 Å². The highest BCUT2D eigenvalue weighted by Crippen LogP contribution is 2.33. The van der Waals surface area contributed by atoms with Gasteiger partial charge in [0.05, 0.1) is 6.54 Å². The number of halogens is 1. The first-order chi connectivity index (χ1) is 13.7. The zero-order valence-electron chi connectivity index (χ0n) is 16.0. The van der Waals surface area contributed by atoms with E-state index in [1.165, 1.54) is 6.92 Å². The minimum Gasteiger partial charge on any atom is -0.491 e. The van der Waals surface area contributed by atoms with Gasteiger partial charge in [0.25, 0.3) is 5.91 Å². The van der Waals surface area contributed by atoms with Crippen LogP contribution < -0.4 is 10.1 Å². The molecule has 0 aliphatic carbocycles. The highest BCUT2D eigenvalue weighted by molar-refractivity contribution is 9.10. The number of aliphatic hydroxyl groups excluding tert-OH is 1. The first kappa shape index (κ1) is 21.0. The molecule has 1 fully saturated rings. The molecular weight excluding hydrogens is 440 g/mol. The van der Waals surface area contributed by atoms with Gasteiger partial charge in [-0.3, -0.25) is 14.5 Å². The van der Waals surface area contributed by atoms with Gasteiger partial charge in [-0.25, -0.2) is 4.79 Å². The molecule has 0 spiro atoms. The number of ether oxygens (including phenoxy) is 1. The maximum Gasteiger partial charge on any atom is 0.325 e. The molecule has 2 aromatic rings. The Balaban J connectivity index is 1.64. The van der Waals surface area contributed by atoms with Crippen LogP contribution in [0.1, 0.15) is 29.8 Å². The summed E-state index contributed by atoms with van der Waals surface area (Å²) in [6, 6.07) is 13.1. The molecule has 1 aliphatic rings. The molecule has 0 unspecified atom stereocenters. The number of nitrogens with one attached hydrogen (secondary N) is 1. The molecule has 1 saturated heterocycles. The summed E-state index contributed by atoms with van der Waals surface area (Å²) in [6.07, 6.45) is -1.07.